The van der Waals surface area contributed by atoms with Crippen molar-refractivity contribution in [3.05, 3.63) is 27.7 Å². The molecule has 2 amide bonds. The third kappa shape index (κ3) is 9.28. The molecular weight excluding hydrogens is 500 g/mol. The van der Waals surface area contributed by atoms with Crippen LogP contribution in [-0.4, -0.2) is 55.0 Å². The van der Waals surface area contributed by atoms with E-state index in [1.54, 1.807) is 0 Å². The molecule has 34 heavy (non-hydrogen) atoms. The van der Waals surface area contributed by atoms with Gasteiger partial charge >= 0.3 is 5.97 Å². The van der Waals surface area contributed by atoms with Gasteiger partial charge in [0.05, 0.1) is 13.0 Å². The van der Waals surface area contributed by atoms with Gasteiger partial charge in [0.2, 0.25) is 5.91 Å². The molecule has 1 aliphatic heterocycles. The molecule has 7 nitrogen and oxygen atoms in total. The topological polar surface area (TPSA) is 84.9 Å². The van der Waals surface area contributed by atoms with E-state index in [0.717, 1.165) is 34.9 Å². The van der Waals surface area contributed by atoms with Crippen LogP contribution in [0.25, 0.3) is 0 Å². The smallest absolute Gasteiger partial charge is 0.308 e. The summed E-state index contributed by atoms with van der Waals surface area (Å²) in [5.41, 5.74) is 1.83. The Kier molecular flexibility index (Phi) is 12.4. The van der Waals surface area contributed by atoms with Gasteiger partial charge in [0.1, 0.15) is 11.8 Å². The quantitative estimate of drug-likeness (QED) is 0.270. The van der Waals surface area contributed by atoms with Gasteiger partial charge in [-0.2, -0.15) is 0 Å². The minimum atomic E-state index is -0.872. The van der Waals surface area contributed by atoms with Gasteiger partial charge in [0, 0.05) is 17.6 Å². The number of unbranched alkanes of at least 4 members (excludes halogenated alkanes) is 7. The largest absolute Gasteiger partial charge is 0.483 e. The van der Waals surface area contributed by atoms with E-state index in [0.29, 0.717) is 25.4 Å². The fourth-order valence-corrected chi connectivity index (χ4v) is 4.88. The molecule has 0 aliphatic carbocycles. The predicted molar refractivity (Wildman–Crippen MR) is 136 cm³/mol. The van der Waals surface area contributed by atoms with Crippen LogP contribution in [0.3, 0.4) is 0 Å². The van der Waals surface area contributed by atoms with E-state index in [4.69, 9.17) is 9.47 Å². The summed E-state index contributed by atoms with van der Waals surface area (Å²) >= 11 is 3.45. The highest BCUT2D eigenvalue weighted by Gasteiger charge is 2.35. The van der Waals surface area contributed by atoms with Crippen molar-refractivity contribution < 1.29 is 23.9 Å². The number of benzene rings is 1. The van der Waals surface area contributed by atoms with Crippen molar-refractivity contribution in [2.45, 2.75) is 84.6 Å². The number of aryl methyl sites for hydroxylation is 2. The van der Waals surface area contributed by atoms with Crippen molar-refractivity contribution in [1.29, 1.82) is 0 Å². The molecule has 0 aromatic heterocycles. The first-order chi connectivity index (χ1) is 16.3. The zero-order valence-corrected chi connectivity index (χ0v) is 22.4. The van der Waals surface area contributed by atoms with Gasteiger partial charge in [0.25, 0.3) is 5.91 Å². The number of esters is 1. The average molecular weight is 540 g/mol. The monoisotopic (exact) mass is 538 g/mol. The first-order valence-electron chi connectivity index (χ1n) is 12.5. The van der Waals surface area contributed by atoms with Crippen molar-refractivity contribution in [3.63, 3.8) is 0 Å². The molecule has 0 bridgehead atoms. The van der Waals surface area contributed by atoms with Crippen LogP contribution in [0.1, 0.15) is 75.8 Å². The lowest BCUT2D eigenvalue weighted by molar-refractivity contribution is -0.152. The number of ether oxygens (including phenoxy) is 2. The van der Waals surface area contributed by atoms with E-state index in [1.807, 2.05) is 26.0 Å². The molecule has 1 aromatic rings. The van der Waals surface area contributed by atoms with Crippen LogP contribution in [0.2, 0.25) is 0 Å². The van der Waals surface area contributed by atoms with Gasteiger partial charge < -0.3 is 19.7 Å². The lowest BCUT2D eigenvalue weighted by atomic mass is 10.1. The number of carbonyl (C=O) groups excluding carboxylic acids is 3. The third-order valence-electron chi connectivity index (χ3n) is 6.04. The number of rotatable bonds is 14. The molecule has 0 spiro atoms. The highest BCUT2D eigenvalue weighted by Crippen LogP contribution is 2.27. The molecule has 0 saturated carbocycles. The molecule has 1 unspecified atom stereocenters. The van der Waals surface area contributed by atoms with E-state index in [-0.39, 0.29) is 24.8 Å². The molecule has 1 aliphatic rings. The predicted octanol–water partition coefficient (Wildman–Crippen LogP) is 4.85. The Morgan fingerprint density at radius 3 is 2.32 bits per heavy atom. The highest BCUT2D eigenvalue weighted by atomic mass is 79.9. The lowest BCUT2D eigenvalue weighted by Crippen LogP contribution is -2.58. The number of nitrogens with one attached hydrogen (secondary N) is 1. The van der Waals surface area contributed by atoms with Gasteiger partial charge in [-0.25, -0.2) is 0 Å². The Bertz CT molecular complexity index is 806. The summed E-state index contributed by atoms with van der Waals surface area (Å²) in [5, 5.41) is 2.74. The minimum Gasteiger partial charge on any atom is -0.483 e. The van der Waals surface area contributed by atoms with Crippen molar-refractivity contribution >= 4 is 33.7 Å². The summed E-state index contributed by atoms with van der Waals surface area (Å²) in [6.07, 6.45) is 9.15. The van der Waals surface area contributed by atoms with Crippen LogP contribution in [0.4, 0.5) is 0 Å². The van der Waals surface area contributed by atoms with Crippen molar-refractivity contribution in [2.24, 2.45) is 0 Å². The molecule has 1 saturated heterocycles. The molecule has 190 valence electrons. The summed E-state index contributed by atoms with van der Waals surface area (Å²) in [6, 6.07) is 2.97. The summed E-state index contributed by atoms with van der Waals surface area (Å²) in [6.45, 7) is 6.88. The van der Waals surface area contributed by atoms with E-state index in [9.17, 15) is 14.4 Å². The van der Waals surface area contributed by atoms with Crippen molar-refractivity contribution in [1.82, 2.24) is 10.2 Å². The first kappa shape index (κ1) is 28.1. The molecule has 2 rings (SSSR count). The number of nitrogens with zero attached hydrogens (tertiary/aromatic N) is 1. The van der Waals surface area contributed by atoms with Crippen molar-refractivity contribution in [2.75, 3.05) is 26.3 Å². The average Bonchev–Trinajstić information content (AvgIpc) is 2.78. The molecule has 1 heterocycles. The summed E-state index contributed by atoms with van der Waals surface area (Å²) in [5.74, 6) is -0.459. The molecule has 1 N–H and O–H groups in total. The third-order valence-corrected chi connectivity index (χ3v) is 6.50. The maximum Gasteiger partial charge on any atom is 0.308 e. The Balaban J connectivity index is 1.78. The molecule has 1 aromatic carbocycles. The van der Waals surface area contributed by atoms with E-state index >= 15 is 0 Å². The zero-order chi connectivity index (χ0) is 24.9. The normalized spacial score (nSPS) is 15.7. The highest BCUT2D eigenvalue weighted by molar-refractivity contribution is 9.10. The van der Waals surface area contributed by atoms with Crippen LogP contribution < -0.4 is 10.1 Å². The standard InChI is InChI=1S/C26H39BrN2O5/c1-4-5-6-7-8-9-10-11-14-33-24(31)17-22-26(32)28-12-13-29(22)23(30)18-34-25-19(2)15-21(27)16-20(25)3/h15-16,22H,4-14,17-18H2,1-3H3,(H,28,32). The number of hydrogen-bond acceptors (Lipinski definition) is 5. The SMILES string of the molecule is CCCCCCCCCCOC(=O)CC1C(=O)NCCN1C(=O)COc1c(C)cc(Br)cc1C. The number of carbonyl (C=O) groups is 3. The van der Waals surface area contributed by atoms with E-state index in [1.165, 1.54) is 37.0 Å². The Labute approximate surface area is 212 Å². The van der Waals surface area contributed by atoms with Crippen molar-refractivity contribution in [3.8, 4) is 5.75 Å². The fraction of sp³-hybridized carbons (Fsp3) is 0.654. The molecule has 1 atom stereocenters. The van der Waals surface area contributed by atoms with E-state index < -0.39 is 12.0 Å². The second-order valence-corrected chi connectivity index (χ2v) is 9.87. The van der Waals surface area contributed by atoms with Gasteiger partial charge in [-0.1, -0.05) is 67.8 Å². The fourth-order valence-electron chi connectivity index (χ4n) is 4.20. The maximum atomic E-state index is 12.9. The number of amides is 2. The van der Waals surface area contributed by atoms with Crippen LogP contribution in [-0.2, 0) is 19.1 Å². The summed E-state index contributed by atoms with van der Waals surface area (Å²) in [4.78, 5) is 39.1. The van der Waals surface area contributed by atoms with E-state index in [2.05, 4.69) is 28.2 Å². The minimum absolute atomic E-state index is 0.148. The number of halogens is 1. The number of hydrogen-bond donors (Lipinski definition) is 1. The first-order valence-corrected chi connectivity index (χ1v) is 13.2. The van der Waals surface area contributed by atoms with Crippen LogP contribution in [0, 0.1) is 13.8 Å². The Morgan fingerprint density at radius 1 is 1.06 bits per heavy atom. The van der Waals surface area contributed by atoms with Gasteiger partial charge in [-0.05, 0) is 43.5 Å². The second kappa shape index (κ2) is 15.0. The molecule has 8 heteroatoms. The second-order valence-electron chi connectivity index (χ2n) is 8.95. The molecule has 0 radical (unpaired) electrons. The van der Waals surface area contributed by atoms with Crippen LogP contribution in [0.15, 0.2) is 16.6 Å². The molecular formula is C26H39BrN2O5. The summed E-state index contributed by atoms with van der Waals surface area (Å²) in [7, 11) is 0. The van der Waals surface area contributed by atoms with Gasteiger partial charge in [-0.15, -0.1) is 0 Å². The van der Waals surface area contributed by atoms with Crippen LogP contribution >= 0.6 is 15.9 Å². The number of piperazine rings is 1. The summed E-state index contributed by atoms with van der Waals surface area (Å²) < 4.78 is 12.1. The van der Waals surface area contributed by atoms with Crippen LogP contribution in [0.5, 0.6) is 5.75 Å². The molecule has 1 fully saturated rings. The van der Waals surface area contributed by atoms with Gasteiger partial charge in [-0.3, -0.25) is 14.4 Å². The Hall–Kier alpha value is -2.09. The zero-order valence-electron chi connectivity index (χ0n) is 20.8. The lowest BCUT2D eigenvalue weighted by Gasteiger charge is -2.34. The Morgan fingerprint density at radius 2 is 1.68 bits per heavy atom. The maximum absolute atomic E-state index is 12.9. The van der Waals surface area contributed by atoms with Gasteiger partial charge in [0.15, 0.2) is 6.61 Å².